The SMILES string of the molecule is CNC(=O)CCNCC(O)COc1cccc(Cl)c1. The van der Waals surface area contributed by atoms with Crippen LogP contribution in [-0.4, -0.2) is 43.9 Å². The smallest absolute Gasteiger partial charge is 0.221 e. The molecule has 0 saturated carbocycles. The van der Waals surface area contributed by atoms with Crippen molar-refractivity contribution in [1.82, 2.24) is 10.6 Å². The highest BCUT2D eigenvalue weighted by molar-refractivity contribution is 6.30. The van der Waals surface area contributed by atoms with Gasteiger partial charge in [-0.15, -0.1) is 0 Å². The summed E-state index contributed by atoms with van der Waals surface area (Å²) < 4.78 is 5.39. The second-order valence-corrected chi connectivity index (χ2v) is 4.49. The fourth-order valence-corrected chi connectivity index (χ4v) is 1.58. The van der Waals surface area contributed by atoms with Gasteiger partial charge in [-0.3, -0.25) is 4.79 Å². The van der Waals surface area contributed by atoms with Gasteiger partial charge in [-0.05, 0) is 18.2 Å². The Kier molecular flexibility index (Phi) is 7.25. The maximum Gasteiger partial charge on any atom is 0.221 e. The van der Waals surface area contributed by atoms with Gasteiger partial charge in [0.25, 0.3) is 0 Å². The monoisotopic (exact) mass is 286 g/mol. The molecule has 3 N–H and O–H groups in total. The second kappa shape index (κ2) is 8.74. The summed E-state index contributed by atoms with van der Waals surface area (Å²) in [7, 11) is 1.59. The molecule has 0 aliphatic carbocycles. The van der Waals surface area contributed by atoms with E-state index in [9.17, 15) is 9.90 Å². The Morgan fingerprint density at radius 2 is 2.32 bits per heavy atom. The first-order chi connectivity index (χ1) is 9.11. The first kappa shape index (κ1) is 15.8. The van der Waals surface area contributed by atoms with Crippen LogP contribution in [-0.2, 0) is 4.79 Å². The number of carbonyl (C=O) groups excluding carboxylic acids is 1. The van der Waals surface area contributed by atoms with Gasteiger partial charge in [-0.2, -0.15) is 0 Å². The van der Waals surface area contributed by atoms with Crippen molar-refractivity contribution in [3.8, 4) is 5.75 Å². The van der Waals surface area contributed by atoms with E-state index >= 15 is 0 Å². The standard InChI is InChI=1S/C13H19ClN2O3/c1-15-13(18)5-6-16-8-11(17)9-19-12-4-2-3-10(14)7-12/h2-4,7,11,16-17H,5-6,8-9H2,1H3,(H,15,18). The van der Waals surface area contributed by atoms with Gasteiger partial charge < -0.3 is 20.5 Å². The number of nitrogens with one attached hydrogen (secondary N) is 2. The molecule has 1 aromatic rings. The van der Waals surface area contributed by atoms with E-state index in [1.54, 1.807) is 31.3 Å². The Labute approximate surface area is 117 Å². The number of halogens is 1. The Hall–Kier alpha value is -1.30. The minimum atomic E-state index is -0.635. The van der Waals surface area contributed by atoms with Crippen LogP contribution in [0.4, 0.5) is 0 Å². The van der Waals surface area contributed by atoms with Crippen molar-refractivity contribution >= 4 is 17.5 Å². The molecule has 0 aromatic heterocycles. The summed E-state index contributed by atoms with van der Waals surface area (Å²) in [4.78, 5) is 10.9. The Balaban J connectivity index is 2.14. The second-order valence-electron chi connectivity index (χ2n) is 4.05. The Morgan fingerprint density at radius 3 is 3.00 bits per heavy atom. The molecule has 106 valence electrons. The van der Waals surface area contributed by atoms with Crippen molar-refractivity contribution < 1.29 is 14.6 Å². The number of amides is 1. The third kappa shape index (κ3) is 7.00. The lowest BCUT2D eigenvalue weighted by Crippen LogP contribution is -2.33. The van der Waals surface area contributed by atoms with Crippen LogP contribution in [0.1, 0.15) is 6.42 Å². The normalized spacial score (nSPS) is 11.9. The first-order valence-electron chi connectivity index (χ1n) is 6.09. The molecule has 0 saturated heterocycles. The van der Waals surface area contributed by atoms with E-state index in [-0.39, 0.29) is 12.5 Å². The number of aliphatic hydroxyl groups excluding tert-OH is 1. The summed E-state index contributed by atoms with van der Waals surface area (Å²) in [5, 5.41) is 15.8. The van der Waals surface area contributed by atoms with E-state index in [1.165, 1.54) is 0 Å². The number of aliphatic hydroxyl groups is 1. The van der Waals surface area contributed by atoms with Crippen molar-refractivity contribution in [2.75, 3.05) is 26.7 Å². The highest BCUT2D eigenvalue weighted by Gasteiger charge is 2.05. The summed E-state index contributed by atoms with van der Waals surface area (Å²) in [5.41, 5.74) is 0. The van der Waals surface area contributed by atoms with Crippen LogP contribution in [0.15, 0.2) is 24.3 Å². The van der Waals surface area contributed by atoms with Gasteiger partial charge >= 0.3 is 0 Å². The number of hydrogen-bond donors (Lipinski definition) is 3. The van der Waals surface area contributed by atoms with E-state index in [0.29, 0.717) is 30.3 Å². The predicted octanol–water partition coefficient (Wildman–Crippen LogP) is 0.805. The lowest BCUT2D eigenvalue weighted by Gasteiger charge is -2.13. The van der Waals surface area contributed by atoms with Gasteiger partial charge in [0, 0.05) is 31.6 Å². The molecule has 0 fully saturated rings. The molecule has 6 heteroatoms. The number of ether oxygens (including phenoxy) is 1. The topological polar surface area (TPSA) is 70.6 Å². The molecule has 0 radical (unpaired) electrons. The predicted molar refractivity (Wildman–Crippen MR) is 74.5 cm³/mol. The molecule has 19 heavy (non-hydrogen) atoms. The summed E-state index contributed by atoms with van der Waals surface area (Å²) in [6.07, 6.45) is -0.248. The van der Waals surface area contributed by atoms with E-state index in [1.807, 2.05) is 0 Å². The maximum absolute atomic E-state index is 10.9. The fraction of sp³-hybridized carbons (Fsp3) is 0.462. The van der Waals surface area contributed by atoms with Gasteiger partial charge in [0.05, 0.1) is 0 Å². The number of rotatable bonds is 8. The van der Waals surface area contributed by atoms with Crippen LogP contribution in [0.2, 0.25) is 5.02 Å². The van der Waals surface area contributed by atoms with Gasteiger partial charge in [-0.1, -0.05) is 17.7 Å². The van der Waals surface area contributed by atoms with Gasteiger partial charge in [0.15, 0.2) is 0 Å². The summed E-state index contributed by atoms with van der Waals surface area (Å²) in [6.45, 7) is 1.07. The molecule has 0 aliphatic heterocycles. The molecule has 0 spiro atoms. The van der Waals surface area contributed by atoms with Crippen molar-refractivity contribution in [2.24, 2.45) is 0 Å². The minimum Gasteiger partial charge on any atom is -0.491 e. The van der Waals surface area contributed by atoms with Crippen LogP contribution < -0.4 is 15.4 Å². The first-order valence-corrected chi connectivity index (χ1v) is 6.47. The van der Waals surface area contributed by atoms with E-state index in [0.717, 1.165) is 0 Å². The maximum atomic E-state index is 10.9. The van der Waals surface area contributed by atoms with Crippen molar-refractivity contribution in [1.29, 1.82) is 0 Å². The van der Waals surface area contributed by atoms with E-state index < -0.39 is 6.10 Å². The molecular formula is C13H19ClN2O3. The number of carbonyl (C=O) groups is 1. The summed E-state index contributed by atoms with van der Waals surface area (Å²) >= 11 is 5.81. The molecule has 0 bridgehead atoms. The zero-order valence-corrected chi connectivity index (χ0v) is 11.6. The number of hydrogen-bond acceptors (Lipinski definition) is 4. The molecule has 1 aromatic carbocycles. The van der Waals surface area contributed by atoms with Crippen LogP contribution in [0, 0.1) is 0 Å². The summed E-state index contributed by atoms with van der Waals surface area (Å²) in [5.74, 6) is 0.592. The lowest BCUT2D eigenvalue weighted by molar-refractivity contribution is -0.120. The van der Waals surface area contributed by atoms with Crippen molar-refractivity contribution in [3.63, 3.8) is 0 Å². The molecular weight excluding hydrogens is 268 g/mol. The highest BCUT2D eigenvalue weighted by atomic mass is 35.5. The minimum absolute atomic E-state index is 0.0304. The zero-order chi connectivity index (χ0) is 14.1. The van der Waals surface area contributed by atoms with Gasteiger partial charge in [0.1, 0.15) is 18.5 Å². The highest BCUT2D eigenvalue weighted by Crippen LogP contribution is 2.17. The average molecular weight is 287 g/mol. The molecule has 1 amide bonds. The lowest BCUT2D eigenvalue weighted by atomic mass is 10.3. The Bertz CT molecular complexity index is 401. The zero-order valence-electron chi connectivity index (χ0n) is 10.9. The molecule has 1 atom stereocenters. The van der Waals surface area contributed by atoms with E-state index in [2.05, 4.69) is 10.6 Å². The van der Waals surface area contributed by atoms with Crippen molar-refractivity contribution in [2.45, 2.75) is 12.5 Å². The fourth-order valence-electron chi connectivity index (χ4n) is 1.40. The van der Waals surface area contributed by atoms with Crippen LogP contribution in [0.3, 0.4) is 0 Å². The van der Waals surface area contributed by atoms with Gasteiger partial charge in [-0.25, -0.2) is 0 Å². The third-order valence-corrected chi connectivity index (χ3v) is 2.66. The van der Waals surface area contributed by atoms with Gasteiger partial charge in [0.2, 0.25) is 5.91 Å². The largest absolute Gasteiger partial charge is 0.491 e. The molecule has 1 unspecified atom stereocenters. The molecule has 0 heterocycles. The average Bonchev–Trinajstić information content (AvgIpc) is 2.41. The number of benzene rings is 1. The molecule has 0 aliphatic rings. The van der Waals surface area contributed by atoms with Crippen LogP contribution in [0.5, 0.6) is 5.75 Å². The van der Waals surface area contributed by atoms with E-state index in [4.69, 9.17) is 16.3 Å². The molecule has 5 nitrogen and oxygen atoms in total. The van der Waals surface area contributed by atoms with Crippen molar-refractivity contribution in [3.05, 3.63) is 29.3 Å². The Morgan fingerprint density at radius 1 is 1.53 bits per heavy atom. The third-order valence-electron chi connectivity index (χ3n) is 2.43. The quantitative estimate of drug-likeness (QED) is 0.619. The summed E-state index contributed by atoms with van der Waals surface area (Å²) in [6, 6.07) is 7.00. The molecule has 1 rings (SSSR count). The van der Waals surface area contributed by atoms with Crippen LogP contribution >= 0.6 is 11.6 Å². The van der Waals surface area contributed by atoms with Crippen LogP contribution in [0.25, 0.3) is 0 Å².